The Labute approximate surface area is 150 Å². The number of ether oxygens (including phenoxy) is 1. The van der Waals surface area contributed by atoms with Gasteiger partial charge in [0.15, 0.2) is 11.0 Å². The Bertz CT molecular complexity index is 865. The lowest BCUT2D eigenvalue weighted by Crippen LogP contribution is -2.14. The molecule has 0 aliphatic carbocycles. The van der Waals surface area contributed by atoms with Gasteiger partial charge in [-0.2, -0.15) is 0 Å². The van der Waals surface area contributed by atoms with E-state index in [2.05, 4.69) is 10.2 Å². The predicted molar refractivity (Wildman–Crippen MR) is 96.8 cm³/mol. The smallest absolute Gasteiger partial charge is 0.227 e. The van der Waals surface area contributed by atoms with Crippen molar-refractivity contribution >= 4 is 17.7 Å². The number of carbonyl (C=O) groups is 1. The number of aryl methyl sites for hydroxylation is 1. The van der Waals surface area contributed by atoms with Gasteiger partial charge in [0.1, 0.15) is 12.4 Å². The van der Waals surface area contributed by atoms with Gasteiger partial charge in [0.05, 0.1) is 5.75 Å². The summed E-state index contributed by atoms with van der Waals surface area (Å²) in [5.41, 5.74) is 7.20. The quantitative estimate of drug-likeness (QED) is 0.660. The number of para-hydroxylation sites is 2. The Kier molecular flexibility index (Phi) is 5.35. The Morgan fingerprint density at radius 3 is 2.56 bits per heavy atom. The van der Waals surface area contributed by atoms with Gasteiger partial charge in [0.2, 0.25) is 5.91 Å². The number of rotatable bonds is 7. The SMILES string of the molecule is Cc1ccccc1OCc1nnc(SCC(N)=O)n1-c1ccccc1. The molecule has 7 heteroatoms. The fourth-order valence-electron chi connectivity index (χ4n) is 2.32. The summed E-state index contributed by atoms with van der Waals surface area (Å²) in [6.07, 6.45) is 0. The van der Waals surface area contributed by atoms with Crippen LogP contribution < -0.4 is 10.5 Å². The Morgan fingerprint density at radius 1 is 1.12 bits per heavy atom. The first kappa shape index (κ1) is 17.0. The van der Waals surface area contributed by atoms with Gasteiger partial charge in [-0.25, -0.2) is 0 Å². The lowest BCUT2D eigenvalue weighted by atomic mass is 10.2. The van der Waals surface area contributed by atoms with E-state index in [0.717, 1.165) is 17.0 Å². The Morgan fingerprint density at radius 2 is 1.84 bits per heavy atom. The molecule has 0 atom stereocenters. The third-order valence-electron chi connectivity index (χ3n) is 3.51. The summed E-state index contributed by atoms with van der Waals surface area (Å²) in [6.45, 7) is 2.26. The molecule has 2 N–H and O–H groups in total. The van der Waals surface area contributed by atoms with Crippen LogP contribution >= 0.6 is 11.8 Å². The lowest BCUT2D eigenvalue weighted by molar-refractivity contribution is -0.115. The van der Waals surface area contributed by atoms with E-state index in [9.17, 15) is 4.79 Å². The van der Waals surface area contributed by atoms with Crippen molar-refractivity contribution in [3.05, 3.63) is 66.0 Å². The maximum atomic E-state index is 11.1. The minimum Gasteiger partial charge on any atom is -0.485 e. The van der Waals surface area contributed by atoms with E-state index < -0.39 is 5.91 Å². The summed E-state index contributed by atoms with van der Waals surface area (Å²) in [5.74, 6) is 1.20. The number of benzene rings is 2. The number of thioether (sulfide) groups is 1. The van der Waals surface area contributed by atoms with Crippen molar-refractivity contribution in [1.29, 1.82) is 0 Å². The maximum absolute atomic E-state index is 11.1. The molecule has 0 bridgehead atoms. The van der Waals surface area contributed by atoms with Crippen LogP contribution in [0.5, 0.6) is 5.75 Å². The number of nitrogens with two attached hydrogens (primary N) is 1. The van der Waals surface area contributed by atoms with Crippen LogP contribution in [0, 0.1) is 6.92 Å². The van der Waals surface area contributed by atoms with E-state index in [1.165, 1.54) is 11.8 Å². The van der Waals surface area contributed by atoms with Crippen molar-refractivity contribution in [2.45, 2.75) is 18.7 Å². The number of hydrogen-bond acceptors (Lipinski definition) is 5. The van der Waals surface area contributed by atoms with Gasteiger partial charge < -0.3 is 10.5 Å². The molecule has 3 rings (SSSR count). The molecule has 0 fully saturated rings. The standard InChI is InChI=1S/C18H18N4O2S/c1-13-7-5-6-10-15(13)24-11-17-20-21-18(25-12-16(19)23)22(17)14-8-3-2-4-9-14/h2-10H,11-12H2,1H3,(H2,19,23). The number of nitrogens with zero attached hydrogens (tertiary/aromatic N) is 3. The molecule has 0 saturated heterocycles. The van der Waals surface area contributed by atoms with Gasteiger partial charge in [-0.15, -0.1) is 10.2 Å². The molecule has 0 aliphatic rings. The largest absolute Gasteiger partial charge is 0.485 e. The second kappa shape index (κ2) is 7.85. The molecule has 6 nitrogen and oxygen atoms in total. The van der Waals surface area contributed by atoms with Crippen LogP contribution in [-0.4, -0.2) is 26.4 Å². The average molecular weight is 354 g/mol. The second-order valence-corrected chi connectivity index (χ2v) is 6.32. The Hall–Kier alpha value is -2.80. The summed E-state index contributed by atoms with van der Waals surface area (Å²) >= 11 is 1.25. The van der Waals surface area contributed by atoms with Gasteiger partial charge in [0, 0.05) is 5.69 Å². The van der Waals surface area contributed by atoms with Gasteiger partial charge in [-0.3, -0.25) is 9.36 Å². The van der Waals surface area contributed by atoms with Crippen molar-refractivity contribution in [3.63, 3.8) is 0 Å². The summed E-state index contributed by atoms with van der Waals surface area (Å²) in [6, 6.07) is 17.5. The fourth-order valence-corrected chi connectivity index (χ4v) is 3.03. The summed E-state index contributed by atoms with van der Waals surface area (Å²) in [4.78, 5) is 11.1. The van der Waals surface area contributed by atoms with Crippen LogP contribution in [0.2, 0.25) is 0 Å². The van der Waals surface area contributed by atoms with E-state index >= 15 is 0 Å². The molecule has 1 amide bonds. The van der Waals surface area contributed by atoms with Crippen LogP contribution in [0.4, 0.5) is 0 Å². The van der Waals surface area contributed by atoms with Crippen molar-refractivity contribution < 1.29 is 9.53 Å². The zero-order chi connectivity index (χ0) is 17.6. The fraction of sp³-hybridized carbons (Fsp3) is 0.167. The zero-order valence-corrected chi connectivity index (χ0v) is 14.6. The van der Waals surface area contributed by atoms with E-state index in [4.69, 9.17) is 10.5 Å². The molecule has 1 aromatic heterocycles. The number of carbonyl (C=O) groups excluding carboxylic acids is 1. The van der Waals surface area contributed by atoms with E-state index in [0.29, 0.717) is 11.0 Å². The molecule has 0 aliphatic heterocycles. The zero-order valence-electron chi connectivity index (χ0n) is 13.8. The van der Waals surface area contributed by atoms with Crippen molar-refractivity contribution in [3.8, 4) is 11.4 Å². The highest BCUT2D eigenvalue weighted by Gasteiger charge is 2.16. The minimum atomic E-state index is -0.398. The minimum absolute atomic E-state index is 0.142. The predicted octanol–water partition coefficient (Wildman–Crippen LogP) is 2.73. The number of primary amides is 1. The molecule has 0 radical (unpaired) electrons. The number of hydrogen-bond donors (Lipinski definition) is 1. The average Bonchev–Trinajstić information content (AvgIpc) is 3.03. The van der Waals surface area contributed by atoms with Gasteiger partial charge in [-0.1, -0.05) is 48.2 Å². The first-order valence-corrected chi connectivity index (χ1v) is 8.73. The van der Waals surface area contributed by atoms with Crippen LogP contribution in [-0.2, 0) is 11.4 Å². The van der Waals surface area contributed by atoms with E-state index in [1.807, 2.05) is 66.1 Å². The van der Waals surface area contributed by atoms with E-state index in [-0.39, 0.29) is 12.4 Å². The third kappa shape index (κ3) is 4.19. The van der Waals surface area contributed by atoms with E-state index in [1.54, 1.807) is 0 Å². The normalized spacial score (nSPS) is 10.6. The molecule has 0 saturated carbocycles. The van der Waals surface area contributed by atoms with Crippen molar-refractivity contribution in [2.75, 3.05) is 5.75 Å². The number of aromatic nitrogens is 3. The molecule has 3 aromatic rings. The first-order chi connectivity index (χ1) is 12.1. The highest BCUT2D eigenvalue weighted by Crippen LogP contribution is 2.23. The monoisotopic (exact) mass is 354 g/mol. The highest BCUT2D eigenvalue weighted by molar-refractivity contribution is 7.99. The molecule has 1 heterocycles. The van der Waals surface area contributed by atoms with Crippen LogP contribution in [0.15, 0.2) is 59.8 Å². The molecular weight excluding hydrogens is 336 g/mol. The van der Waals surface area contributed by atoms with Gasteiger partial charge in [0.25, 0.3) is 0 Å². The first-order valence-electron chi connectivity index (χ1n) is 7.74. The second-order valence-electron chi connectivity index (χ2n) is 5.38. The van der Waals surface area contributed by atoms with Crippen LogP contribution in [0.1, 0.15) is 11.4 Å². The number of amides is 1. The van der Waals surface area contributed by atoms with Crippen LogP contribution in [0.25, 0.3) is 5.69 Å². The molecule has 2 aromatic carbocycles. The summed E-state index contributed by atoms with van der Waals surface area (Å²) in [5, 5.41) is 9.02. The van der Waals surface area contributed by atoms with Crippen molar-refractivity contribution in [1.82, 2.24) is 14.8 Å². The summed E-state index contributed by atoms with van der Waals surface area (Å²) < 4.78 is 7.78. The molecule has 0 spiro atoms. The lowest BCUT2D eigenvalue weighted by Gasteiger charge is -2.11. The molecule has 128 valence electrons. The Balaban J connectivity index is 1.88. The maximum Gasteiger partial charge on any atom is 0.227 e. The van der Waals surface area contributed by atoms with Crippen molar-refractivity contribution in [2.24, 2.45) is 5.73 Å². The molecule has 25 heavy (non-hydrogen) atoms. The summed E-state index contributed by atoms with van der Waals surface area (Å²) in [7, 11) is 0. The van der Waals surface area contributed by atoms with Crippen LogP contribution in [0.3, 0.4) is 0 Å². The van der Waals surface area contributed by atoms with Gasteiger partial charge >= 0.3 is 0 Å². The van der Waals surface area contributed by atoms with Gasteiger partial charge in [-0.05, 0) is 30.7 Å². The highest BCUT2D eigenvalue weighted by atomic mass is 32.2. The molecular formula is C18H18N4O2S. The molecule has 0 unspecified atom stereocenters. The third-order valence-corrected chi connectivity index (χ3v) is 4.46. The topological polar surface area (TPSA) is 83.0 Å².